The third-order valence-corrected chi connectivity index (χ3v) is 6.91. The molecule has 7 heteroatoms. The maximum atomic E-state index is 13.2. The van der Waals surface area contributed by atoms with Crippen LogP contribution in [0, 0.1) is 0 Å². The van der Waals surface area contributed by atoms with E-state index in [2.05, 4.69) is 5.32 Å². The fraction of sp³-hybridized carbons (Fsp3) is 0.381. The quantitative estimate of drug-likeness (QED) is 0.829. The number of rotatable bonds is 5. The lowest BCUT2D eigenvalue weighted by Gasteiger charge is -2.24. The molecule has 1 fully saturated rings. The Labute approximate surface area is 166 Å². The Hall–Kier alpha value is -2.38. The lowest BCUT2D eigenvalue weighted by Crippen LogP contribution is -2.34. The summed E-state index contributed by atoms with van der Waals surface area (Å²) in [7, 11) is -1.96. The van der Waals surface area contributed by atoms with Crippen molar-refractivity contribution in [2.75, 3.05) is 25.5 Å². The van der Waals surface area contributed by atoms with Crippen LogP contribution in [0.1, 0.15) is 37.7 Å². The number of carbonyl (C=O) groups excluding carboxylic acids is 1. The highest BCUT2D eigenvalue weighted by Crippen LogP contribution is 2.30. The van der Waals surface area contributed by atoms with Crippen molar-refractivity contribution in [3.05, 3.63) is 54.1 Å². The summed E-state index contributed by atoms with van der Waals surface area (Å²) in [6.45, 7) is 2.39. The summed E-state index contributed by atoms with van der Waals surface area (Å²) in [6.07, 6.45) is 2.79. The highest BCUT2D eigenvalue weighted by molar-refractivity contribution is 7.89. The SMILES string of the molecule is COc1ccc(C2CCCCN(S(=O)(=O)c3ccc(NC(C)=O)cc3)C2)cc1. The van der Waals surface area contributed by atoms with Gasteiger partial charge < -0.3 is 10.1 Å². The fourth-order valence-corrected chi connectivity index (χ4v) is 5.06. The predicted molar refractivity (Wildman–Crippen MR) is 109 cm³/mol. The molecule has 3 rings (SSSR count). The summed E-state index contributed by atoms with van der Waals surface area (Å²) in [5, 5.41) is 2.65. The molecular formula is C21H26N2O4S. The van der Waals surface area contributed by atoms with Crippen LogP contribution in [0.5, 0.6) is 5.75 Å². The zero-order valence-electron chi connectivity index (χ0n) is 16.2. The normalized spacial score (nSPS) is 18.3. The van der Waals surface area contributed by atoms with E-state index >= 15 is 0 Å². The molecule has 2 aromatic rings. The molecule has 1 atom stereocenters. The van der Waals surface area contributed by atoms with E-state index in [1.54, 1.807) is 35.7 Å². The molecule has 1 heterocycles. The van der Waals surface area contributed by atoms with E-state index in [-0.39, 0.29) is 16.7 Å². The van der Waals surface area contributed by atoms with Crippen LogP contribution in [-0.4, -0.2) is 38.8 Å². The van der Waals surface area contributed by atoms with Crippen LogP contribution in [0.2, 0.25) is 0 Å². The first-order chi connectivity index (χ1) is 13.4. The van der Waals surface area contributed by atoms with Crippen molar-refractivity contribution >= 4 is 21.6 Å². The Bertz CT molecular complexity index is 908. The molecule has 0 saturated carbocycles. The lowest BCUT2D eigenvalue weighted by molar-refractivity contribution is -0.114. The molecule has 1 N–H and O–H groups in total. The predicted octanol–water partition coefficient (Wildman–Crippen LogP) is 3.61. The molecule has 1 amide bonds. The van der Waals surface area contributed by atoms with Crippen LogP contribution in [0.4, 0.5) is 5.69 Å². The second-order valence-corrected chi connectivity index (χ2v) is 8.97. The highest BCUT2D eigenvalue weighted by atomic mass is 32.2. The van der Waals surface area contributed by atoms with Gasteiger partial charge in [0.25, 0.3) is 0 Å². The molecule has 1 aliphatic heterocycles. The second-order valence-electron chi connectivity index (χ2n) is 7.03. The van der Waals surface area contributed by atoms with Gasteiger partial charge in [-0.1, -0.05) is 18.6 Å². The van der Waals surface area contributed by atoms with Crippen LogP contribution in [0.15, 0.2) is 53.4 Å². The van der Waals surface area contributed by atoms with E-state index < -0.39 is 10.0 Å². The van der Waals surface area contributed by atoms with Crippen molar-refractivity contribution in [1.29, 1.82) is 0 Å². The van der Waals surface area contributed by atoms with Crippen molar-refractivity contribution in [2.24, 2.45) is 0 Å². The fourth-order valence-electron chi connectivity index (χ4n) is 3.54. The Morgan fingerprint density at radius 2 is 1.75 bits per heavy atom. The lowest BCUT2D eigenvalue weighted by atomic mass is 9.94. The topological polar surface area (TPSA) is 75.7 Å². The van der Waals surface area contributed by atoms with E-state index in [1.165, 1.54) is 6.92 Å². The number of carbonyl (C=O) groups is 1. The van der Waals surface area contributed by atoms with Crippen LogP contribution in [0.3, 0.4) is 0 Å². The molecule has 28 heavy (non-hydrogen) atoms. The van der Waals surface area contributed by atoms with Crippen LogP contribution in [0.25, 0.3) is 0 Å². The van der Waals surface area contributed by atoms with Gasteiger partial charge in [0.2, 0.25) is 15.9 Å². The summed E-state index contributed by atoms with van der Waals surface area (Å²) in [4.78, 5) is 11.4. The van der Waals surface area contributed by atoms with Crippen molar-refractivity contribution < 1.29 is 17.9 Å². The van der Waals surface area contributed by atoms with Crippen LogP contribution >= 0.6 is 0 Å². The van der Waals surface area contributed by atoms with Gasteiger partial charge in [-0.25, -0.2) is 8.42 Å². The zero-order valence-corrected chi connectivity index (χ0v) is 17.0. The minimum atomic E-state index is -3.59. The first-order valence-electron chi connectivity index (χ1n) is 9.42. The molecule has 6 nitrogen and oxygen atoms in total. The van der Waals surface area contributed by atoms with Gasteiger partial charge in [0.05, 0.1) is 12.0 Å². The molecule has 150 valence electrons. The van der Waals surface area contributed by atoms with E-state index in [9.17, 15) is 13.2 Å². The molecule has 0 radical (unpaired) electrons. The van der Waals surface area contributed by atoms with Gasteiger partial charge >= 0.3 is 0 Å². The third-order valence-electron chi connectivity index (χ3n) is 5.03. The molecule has 0 spiro atoms. The Balaban J connectivity index is 1.80. The van der Waals surface area contributed by atoms with Gasteiger partial charge in [-0.05, 0) is 60.7 Å². The molecular weight excluding hydrogens is 376 g/mol. The number of ether oxygens (including phenoxy) is 1. The van der Waals surface area contributed by atoms with Gasteiger partial charge in [-0.15, -0.1) is 0 Å². The maximum absolute atomic E-state index is 13.2. The Morgan fingerprint density at radius 3 is 2.36 bits per heavy atom. The molecule has 0 bridgehead atoms. The summed E-state index contributed by atoms with van der Waals surface area (Å²) in [6, 6.07) is 14.2. The van der Waals surface area contributed by atoms with E-state index in [0.717, 1.165) is 30.6 Å². The average molecular weight is 403 g/mol. The molecule has 1 unspecified atom stereocenters. The monoisotopic (exact) mass is 402 g/mol. The number of hydrogen-bond acceptors (Lipinski definition) is 4. The van der Waals surface area contributed by atoms with E-state index in [1.807, 2.05) is 24.3 Å². The number of hydrogen-bond donors (Lipinski definition) is 1. The summed E-state index contributed by atoms with van der Waals surface area (Å²) >= 11 is 0. The molecule has 0 aliphatic carbocycles. The Kier molecular flexibility index (Phi) is 6.36. The van der Waals surface area contributed by atoms with Gasteiger partial charge in [0.15, 0.2) is 0 Å². The summed E-state index contributed by atoms with van der Waals surface area (Å²) in [5.41, 5.74) is 1.71. The smallest absolute Gasteiger partial charge is 0.243 e. The van der Waals surface area contributed by atoms with Gasteiger partial charge in [-0.2, -0.15) is 4.31 Å². The van der Waals surface area contributed by atoms with Gasteiger partial charge in [0.1, 0.15) is 5.75 Å². The minimum Gasteiger partial charge on any atom is -0.497 e. The largest absolute Gasteiger partial charge is 0.497 e. The van der Waals surface area contributed by atoms with Crippen molar-refractivity contribution in [3.8, 4) is 5.75 Å². The minimum absolute atomic E-state index is 0.154. The number of nitrogens with zero attached hydrogens (tertiary/aromatic N) is 1. The number of benzene rings is 2. The van der Waals surface area contributed by atoms with Gasteiger partial charge in [-0.3, -0.25) is 4.79 Å². The number of nitrogens with one attached hydrogen (secondary N) is 1. The second kappa shape index (κ2) is 8.75. The first-order valence-corrected chi connectivity index (χ1v) is 10.9. The summed E-state index contributed by atoms with van der Waals surface area (Å²) in [5.74, 6) is 0.758. The Morgan fingerprint density at radius 1 is 1.07 bits per heavy atom. The number of anilines is 1. The van der Waals surface area contributed by atoms with Crippen LogP contribution < -0.4 is 10.1 Å². The van der Waals surface area contributed by atoms with Crippen LogP contribution in [-0.2, 0) is 14.8 Å². The average Bonchev–Trinajstić information content (AvgIpc) is 2.95. The zero-order chi connectivity index (χ0) is 20.1. The van der Waals surface area contributed by atoms with Crippen molar-refractivity contribution in [3.63, 3.8) is 0 Å². The molecule has 0 aromatic heterocycles. The molecule has 1 aliphatic rings. The first kappa shape index (κ1) is 20.4. The van der Waals surface area contributed by atoms with Crippen molar-refractivity contribution in [1.82, 2.24) is 4.31 Å². The van der Waals surface area contributed by atoms with E-state index in [0.29, 0.717) is 18.8 Å². The van der Waals surface area contributed by atoms with E-state index in [4.69, 9.17) is 4.74 Å². The number of amides is 1. The molecule has 1 saturated heterocycles. The maximum Gasteiger partial charge on any atom is 0.243 e. The number of methoxy groups -OCH3 is 1. The standard InChI is InChI=1S/C21H26N2O4S/c1-16(24)22-19-8-12-21(13-9-19)28(25,26)23-14-4-3-5-18(15-23)17-6-10-20(27-2)11-7-17/h6-13,18H,3-5,14-15H2,1-2H3,(H,22,24). The third kappa shape index (κ3) is 4.72. The van der Waals surface area contributed by atoms with Crippen molar-refractivity contribution in [2.45, 2.75) is 37.0 Å². The van der Waals surface area contributed by atoms with Gasteiger partial charge in [0, 0.05) is 25.7 Å². The molecule has 2 aromatic carbocycles. The highest BCUT2D eigenvalue weighted by Gasteiger charge is 2.29. The summed E-state index contributed by atoms with van der Waals surface area (Å²) < 4.78 is 33.1. The number of sulfonamides is 1.